The van der Waals surface area contributed by atoms with E-state index in [2.05, 4.69) is 96.9 Å². The molecule has 0 saturated heterocycles. The number of fused-ring (bicyclic) bond motifs is 3. The number of nitrogens with zero attached hydrogens (tertiary/aromatic N) is 6. The molecular formula is C53H38N6. The second-order valence-electron chi connectivity index (χ2n) is 14.5. The number of benzene rings is 7. The Kier molecular flexibility index (Phi) is 9.84. The first kappa shape index (κ1) is 36.6. The molecule has 0 fully saturated rings. The Balaban J connectivity index is 1.47. The Morgan fingerprint density at radius 3 is 1.68 bits per heavy atom. The fourth-order valence-electron chi connectivity index (χ4n) is 7.64. The minimum absolute atomic E-state index is 0.434. The molecule has 2 heterocycles. The number of nitriles is 1. The fraction of sp³-hybridized carbons (Fsp3) is 0.0377. The summed E-state index contributed by atoms with van der Waals surface area (Å²) < 4.78 is 2.30. The van der Waals surface area contributed by atoms with Gasteiger partial charge in [0.05, 0.1) is 45.4 Å². The summed E-state index contributed by atoms with van der Waals surface area (Å²) in [7, 11) is 0. The monoisotopic (exact) mass is 758 g/mol. The van der Waals surface area contributed by atoms with Gasteiger partial charge in [0, 0.05) is 38.6 Å². The van der Waals surface area contributed by atoms with E-state index in [1.165, 1.54) is 0 Å². The lowest BCUT2D eigenvalue weighted by Gasteiger charge is -2.20. The van der Waals surface area contributed by atoms with E-state index in [9.17, 15) is 5.26 Å². The highest BCUT2D eigenvalue weighted by Gasteiger charge is 2.25. The SMILES string of the molecule is C=N/C(=N\C(=C/c1ccccc1)c1cc(C#N)cc(-c2nc(-c3ccccc3)cc(-c3ccccc3)n2)c1-n1c2cc(C)ccc2c2ccc(C)cc21)c1ccccc1. The maximum absolute atomic E-state index is 10.8. The Morgan fingerprint density at radius 1 is 0.627 bits per heavy atom. The summed E-state index contributed by atoms with van der Waals surface area (Å²) in [6.45, 7) is 8.17. The van der Waals surface area contributed by atoms with Crippen molar-refractivity contribution >= 4 is 46.1 Å². The number of rotatable bonds is 8. The Bertz CT molecular complexity index is 3000. The van der Waals surface area contributed by atoms with Crippen LogP contribution in [0.4, 0.5) is 0 Å². The van der Waals surface area contributed by atoms with Gasteiger partial charge in [-0.15, -0.1) is 0 Å². The van der Waals surface area contributed by atoms with Gasteiger partial charge in [0.1, 0.15) is 0 Å². The lowest BCUT2D eigenvalue weighted by Crippen LogP contribution is -2.07. The quantitative estimate of drug-likeness (QED) is 0.0879. The summed E-state index contributed by atoms with van der Waals surface area (Å²) in [6.07, 6.45) is 2.04. The van der Waals surface area contributed by atoms with E-state index in [0.717, 1.165) is 72.3 Å². The summed E-state index contributed by atoms with van der Waals surface area (Å²) in [5, 5.41) is 13.0. The van der Waals surface area contributed by atoms with Crippen molar-refractivity contribution in [1.29, 1.82) is 5.26 Å². The average Bonchev–Trinajstić information content (AvgIpc) is 3.60. The van der Waals surface area contributed by atoms with Gasteiger partial charge in [-0.25, -0.2) is 20.0 Å². The van der Waals surface area contributed by atoms with E-state index in [-0.39, 0.29) is 0 Å². The molecule has 0 radical (unpaired) electrons. The minimum Gasteiger partial charge on any atom is -0.308 e. The van der Waals surface area contributed by atoms with Gasteiger partial charge in [-0.2, -0.15) is 5.26 Å². The van der Waals surface area contributed by atoms with Gasteiger partial charge in [0.25, 0.3) is 0 Å². The van der Waals surface area contributed by atoms with Crippen molar-refractivity contribution in [2.24, 2.45) is 9.98 Å². The van der Waals surface area contributed by atoms with Gasteiger partial charge < -0.3 is 4.57 Å². The summed E-state index contributed by atoms with van der Waals surface area (Å²) >= 11 is 0. The van der Waals surface area contributed by atoms with Crippen LogP contribution in [-0.2, 0) is 0 Å². The van der Waals surface area contributed by atoms with E-state index in [1.54, 1.807) is 0 Å². The van der Waals surface area contributed by atoms with Gasteiger partial charge in [0.15, 0.2) is 11.7 Å². The van der Waals surface area contributed by atoms with Crippen LogP contribution in [0.2, 0.25) is 0 Å². The summed E-state index contributed by atoms with van der Waals surface area (Å²) in [4.78, 5) is 20.4. The maximum Gasteiger partial charge on any atom is 0.162 e. The second-order valence-corrected chi connectivity index (χ2v) is 14.5. The highest BCUT2D eigenvalue weighted by molar-refractivity contribution is 6.11. The zero-order valence-corrected chi connectivity index (χ0v) is 32.7. The van der Waals surface area contributed by atoms with Crippen molar-refractivity contribution in [3.05, 3.63) is 209 Å². The summed E-state index contributed by atoms with van der Waals surface area (Å²) in [5.74, 6) is 0.923. The number of aryl methyl sites for hydroxylation is 2. The van der Waals surface area contributed by atoms with Crippen molar-refractivity contribution in [2.45, 2.75) is 13.8 Å². The molecule has 6 nitrogen and oxygen atoms in total. The van der Waals surface area contributed by atoms with Crippen LogP contribution in [-0.4, -0.2) is 27.1 Å². The Morgan fingerprint density at radius 2 is 1.15 bits per heavy atom. The highest BCUT2D eigenvalue weighted by Crippen LogP contribution is 2.42. The molecule has 0 amide bonds. The lowest BCUT2D eigenvalue weighted by molar-refractivity contribution is 1.13. The van der Waals surface area contributed by atoms with Crippen LogP contribution in [0, 0.1) is 25.2 Å². The van der Waals surface area contributed by atoms with E-state index in [1.807, 2.05) is 121 Å². The molecule has 0 spiro atoms. The van der Waals surface area contributed by atoms with E-state index in [4.69, 9.17) is 15.0 Å². The van der Waals surface area contributed by atoms with Crippen molar-refractivity contribution < 1.29 is 0 Å². The summed E-state index contributed by atoms with van der Waals surface area (Å²) in [6, 6.07) is 61.6. The molecule has 0 unspecified atom stereocenters. The van der Waals surface area contributed by atoms with Crippen LogP contribution in [0.15, 0.2) is 186 Å². The van der Waals surface area contributed by atoms with Crippen LogP contribution in [0.5, 0.6) is 0 Å². The first-order valence-electron chi connectivity index (χ1n) is 19.5. The van der Waals surface area contributed by atoms with Crippen molar-refractivity contribution in [1.82, 2.24) is 14.5 Å². The van der Waals surface area contributed by atoms with Crippen LogP contribution in [0.25, 0.3) is 73.2 Å². The number of aromatic nitrogens is 3. The normalized spacial score (nSPS) is 11.8. The van der Waals surface area contributed by atoms with E-state index >= 15 is 0 Å². The van der Waals surface area contributed by atoms with Gasteiger partial charge in [-0.05, 0) is 73.7 Å². The zero-order valence-electron chi connectivity index (χ0n) is 32.7. The third-order valence-corrected chi connectivity index (χ3v) is 10.4. The summed E-state index contributed by atoms with van der Waals surface area (Å²) in [5.41, 5.74) is 12.6. The number of aliphatic imine (C=N–C) groups is 2. The molecule has 7 aromatic carbocycles. The molecule has 0 bridgehead atoms. The van der Waals surface area contributed by atoms with Crippen LogP contribution in [0.3, 0.4) is 0 Å². The molecule has 59 heavy (non-hydrogen) atoms. The first-order valence-corrected chi connectivity index (χ1v) is 19.5. The molecule has 2 aromatic heterocycles. The predicted octanol–water partition coefficient (Wildman–Crippen LogP) is 12.7. The van der Waals surface area contributed by atoms with Gasteiger partial charge in [-0.3, -0.25) is 0 Å². The Labute approximate surface area is 343 Å². The highest BCUT2D eigenvalue weighted by atomic mass is 15.0. The van der Waals surface area contributed by atoms with Crippen LogP contribution < -0.4 is 0 Å². The van der Waals surface area contributed by atoms with Crippen molar-refractivity contribution in [3.63, 3.8) is 0 Å². The topological polar surface area (TPSA) is 79.2 Å². The van der Waals surface area contributed by atoms with Gasteiger partial charge in [0.2, 0.25) is 0 Å². The van der Waals surface area contributed by atoms with Crippen LogP contribution in [0.1, 0.15) is 33.4 Å². The predicted molar refractivity (Wildman–Crippen MR) is 244 cm³/mol. The van der Waals surface area contributed by atoms with Crippen LogP contribution >= 0.6 is 0 Å². The minimum atomic E-state index is 0.434. The second kappa shape index (κ2) is 15.9. The zero-order chi connectivity index (χ0) is 40.3. The molecule has 0 aliphatic carbocycles. The van der Waals surface area contributed by atoms with Gasteiger partial charge >= 0.3 is 0 Å². The number of amidine groups is 1. The molecule has 9 aromatic rings. The molecule has 6 heteroatoms. The molecule has 0 aliphatic rings. The maximum atomic E-state index is 10.8. The first-order chi connectivity index (χ1) is 29.0. The van der Waals surface area contributed by atoms with Crippen molar-refractivity contribution in [2.75, 3.05) is 0 Å². The molecule has 280 valence electrons. The number of hydrogen-bond acceptors (Lipinski definition) is 4. The Hall–Kier alpha value is -8.01. The molecule has 0 saturated carbocycles. The lowest BCUT2D eigenvalue weighted by atomic mass is 9.97. The third-order valence-electron chi connectivity index (χ3n) is 10.4. The number of hydrogen-bond donors (Lipinski definition) is 0. The average molecular weight is 759 g/mol. The molecule has 0 atom stereocenters. The fourth-order valence-corrected chi connectivity index (χ4v) is 7.64. The van der Waals surface area contributed by atoms with Gasteiger partial charge in [-0.1, -0.05) is 146 Å². The van der Waals surface area contributed by atoms with E-state index < -0.39 is 0 Å². The molecule has 9 rings (SSSR count). The molecular weight excluding hydrogens is 721 g/mol. The molecule has 0 aliphatic heterocycles. The van der Waals surface area contributed by atoms with Crippen molar-refractivity contribution in [3.8, 4) is 45.7 Å². The van der Waals surface area contributed by atoms with E-state index in [0.29, 0.717) is 34.0 Å². The molecule has 0 N–H and O–H groups in total. The smallest absolute Gasteiger partial charge is 0.162 e. The largest absolute Gasteiger partial charge is 0.308 e. The third kappa shape index (κ3) is 7.25. The standard InChI is InChI=1S/C53H38N6/c1-35-24-26-42-43-27-25-36(2)29-50(43)59(49(42)28-35)51-44(48(32-37-16-8-4-9-17-37)58-52(55-3)41-22-14-7-15-23-41)30-38(34-54)31-45(51)53-56-46(39-18-10-5-11-19-39)33-47(57-53)40-20-12-6-13-21-40/h4-33H,3H2,1-2H3/b48-32-,58-52-.